The van der Waals surface area contributed by atoms with Crippen molar-refractivity contribution in [2.45, 2.75) is 52.0 Å². The van der Waals surface area contributed by atoms with Gasteiger partial charge in [-0.25, -0.2) is 0 Å². The third-order valence-electron chi connectivity index (χ3n) is 4.05. The van der Waals surface area contributed by atoms with Crippen LogP contribution in [0.2, 0.25) is 5.02 Å². The number of carbonyl (C=O) groups is 1. The molecule has 0 heterocycles. The molecule has 1 amide bonds. The van der Waals surface area contributed by atoms with Crippen LogP contribution in [0.25, 0.3) is 0 Å². The minimum absolute atomic E-state index is 0.0187. The highest BCUT2D eigenvalue weighted by Gasteiger charge is 2.23. The Morgan fingerprint density at radius 3 is 2.80 bits per heavy atom. The standard InChI is InChI=1S/C16H23ClN2O/c1-3-11-5-6-12(9-11)18-15-10-13(7-8-14(15)17)19-16(20)4-2/h7-8,10-12,18H,3-6,9H2,1-2H3,(H,19,20). The molecule has 20 heavy (non-hydrogen) atoms. The first kappa shape index (κ1) is 15.2. The number of benzene rings is 1. The molecule has 0 aliphatic heterocycles. The van der Waals surface area contributed by atoms with E-state index in [4.69, 9.17) is 11.6 Å². The number of hydrogen-bond donors (Lipinski definition) is 2. The van der Waals surface area contributed by atoms with Crippen LogP contribution in [0.5, 0.6) is 0 Å². The molecule has 0 aromatic heterocycles. The molecule has 1 aliphatic rings. The highest BCUT2D eigenvalue weighted by molar-refractivity contribution is 6.33. The number of anilines is 2. The Morgan fingerprint density at radius 1 is 1.35 bits per heavy atom. The number of amides is 1. The van der Waals surface area contributed by atoms with E-state index in [0.29, 0.717) is 17.5 Å². The van der Waals surface area contributed by atoms with E-state index in [2.05, 4.69) is 17.6 Å². The fourth-order valence-corrected chi connectivity index (χ4v) is 2.93. The molecule has 1 aromatic rings. The van der Waals surface area contributed by atoms with Gasteiger partial charge in [-0.2, -0.15) is 0 Å². The molecule has 2 N–H and O–H groups in total. The molecule has 1 fully saturated rings. The van der Waals surface area contributed by atoms with Crippen molar-refractivity contribution in [2.24, 2.45) is 5.92 Å². The summed E-state index contributed by atoms with van der Waals surface area (Å²) in [6.45, 7) is 4.09. The summed E-state index contributed by atoms with van der Waals surface area (Å²) < 4.78 is 0. The van der Waals surface area contributed by atoms with Gasteiger partial charge in [-0.3, -0.25) is 4.79 Å². The van der Waals surface area contributed by atoms with Gasteiger partial charge in [0.2, 0.25) is 5.91 Å². The number of hydrogen-bond acceptors (Lipinski definition) is 2. The van der Waals surface area contributed by atoms with E-state index >= 15 is 0 Å². The zero-order chi connectivity index (χ0) is 14.5. The van der Waals surface area contributed by atoms with Crippen LogP contribution in [0.4, 0.5) is 11.4 Å². The molecule has 4 heteroatoms. The van der Waals surface area contributed by atoms with E-state index in [9.17, 15) is 4.79 Å². The Balaban J connectivity index is 2.03. The third kappa shape index (κ3) is 3.89. The van der Waals surface area contributed by atoms with E-state index in [1.807, 2.05) is 25.1 Å². The van der Waals surface area contributed by atoms with Gasteiger partial charge in [0.05, 0.1) is 10.7 Å². The van der Waals surface area contributed by atoms with Gasteiger partial charge >= 0.3 is 0 Å². The van der Waals surface area contributed by atoms with Gasteiger partial charge in [0.15, 0.2) is 0 Å². The summed E-state index contributed by atoms with van der Waals surface area (Å²) in [4.78, 5) is 11.4. The van der Waals surface area contributed by atoms with Crippen molar-refractivity contribution in [1.82, 2.24) is 0 Å². The van der Waals surface area contributed by atoms with Crippen LogP contribution in [0.1, 0.15) is 46.0 Å². The van der Waals surface area contributed by atoms with Gasteiger partial charge in [0.1, 0.15) is 0 Å². The summed E-state index contributed by atoms with van der Waals surface area (Å²) in [7, 11) is 0. The number of carbonyl (C=O) groups excluding carboxylic acids is 1. The van der Waals surface area contributed by atoms with Crippen molar-refractivity contribution in [3.8, 4) is 0 Å². The molecule has 0 saturated heterocycles. The normalized spacial score (nSPS) is 21.8. The number of halogens is 1. The molecule has 0 radical (unpaired) electrons. The molecular formula is C16H23ClN2O. The smallest absolute Gasteiger partial charge is 0.224 e. The monoisotopic (exact) mass is 294 g/mol. The fraction of sp³-hybridized carbons (Fsp3) is 0.562. The highest BCUT2D eigenvalue weighted by atomic mass is 35.5. The minimum Gasteiger partial charge on any atom is -0.381 e. The Bertz CT molecular complexity index is 476. The van der Waals surface area contributed by atoms with E-state index in [1.54, 1.807) is 0 Å². The van der Waals surface area contributed by atoms with Crippen LogP contribution in [0, 0.1) is 5.92 Å². The second-order valence-electron chi connectivity index (χ2n) is 5.52. The topological polar surface area (TPSA) is 41.1 Å². The van der Waals surface area contributed by atoms with Crippen molar-refractivity contribution < 1.29 is 4.79 Å². The first-order chi connectivity index (χ1) is 9.62. The average Bonchev–Trinajstić information content (AvgIpc) is 2.90. The lowest BCUT2D eigenvalue weighted by molar-refractivity contribution is -0.115. The number of nitrogens with one attached hydrogen (secondary N) is 2. The molecule has 0 spiro atoms. The summed E-state index contributed by atoms with van der Waals surface area (Å²) in [6, 6.07) is 6.09. The maximum atomic E-state index is 11.4. The molecule has 110 valence electrons. The van der Waals surface area contributed by atoms with Crippen LogP contribution in [0.15, 0.2) is 18.2 Å². The van der Waals surface area contributed by atoms with Gasteiger partial charge < -0.3 is 10.6 Å². The van der Waals surface area contributed by atoms with Crippen LogP contribution < -0.4 is 10.6 Å². The maximum Gasteiger partial charge on any atom is 0.224 e. The van der Waals surface area contributed by atoms with Crippen molar-refractivity contribution in [3.05, 3.63) is 23.2 Å². The van der Waals surface area contributed by atoms with Gasteiger partial charge in [-0.15, -0.1) is 0 Å². The second kappa shape index (κ2) is 6.98. The first-order valence-electron chi connectivity index (χ1n) is 7.48. The molecule has 1 saturated carbocycles. The maximum absolute atomic E-state index is 11.4. The molecule has 2 rings (SSSR count). The average molecular weight is 295 g/mol. The Kier molecular flexibility index (Phi) is 5.30. The lowest BCUT2D eigenvalue weighted by Gasteiger charge is -2.17. The predicted octanol–water partition coefficient (Wildman–Crippen LogP) is 4.68. The molecule has 3 nitrogen and oxygen atoms in total. The van der Waals surface area contributed by atoms with Crippen molar-refractivity contribution >= 4 is 28.9 Å². The van der Waals surface area contributed by atoms with E-state index in [1.165, 1.54) is 25.7 Å². The molecule has 2 atom stereocenters. The molecule has 0 bridgehead atoms. The summed E-state index contributed by atoms with van der Waals surface area (Å²) in [5.41, 5.74) is 1.72. The first-order valence-corrected chi connectivity index (χ1v) is 7.86. The number of rotatable bonds is 5. The highest BCUT2D eigenvalue weighted by Crippen LogP contribution is 2.33. The van der Waals surface area contributed by atoms with Crippen molar-refractivity contribution in [3.63, 3.8) is 0 Å². The Morgan fingerprint density at radius 2 is 2.15 bits per heavy atom. The zero-order valence-corrected chi connectivity index (χ0v) is 13.0. The quantitative estimate of drug-likeness (QED) is 0.828. The third-order valence-corrected chi connectivity index (χ3v) is 4.38. The zero-order valence-electron chi connectivity index (χ0n) is 12.2. The largest absolute Gasteiger partial charge is 0.381 e. The van der Waals surface area contributed by atoms with Crippen molar-refractivity contribution in [1.29, 1.82) is 0 Å². The summed E-state index contributed by atoms with van der Waals surface area (Å²) in [6.07, 6.45) is 5.42. The molecule has 1 aliphatic carbocycles. The minimum atomic E-state index is 0.0187. The SMILES string of the molecule is CCC(=O)Nc1ccc(Cl)c(NC2CCC(CC)C2)c1. The van der Waals surface area contributed by atoms with Crippen LogP contribution >= 0.6 is 11.6 Å². The van der Waals surface area contributed by atoms with Crippen molar-refractivity contribution in [2.75, 3.05) is 10.6 Å². The van der Waals surface area contributed by atoms with Crippen LogP contribution in [-0.2, 0) is 4.79 Å². The Hall–Kier alpha value is -1.22. The van der Waals surface area contributed by atoms with Gasteiger partial charge in [-0.05, 0) is 43.4 Å². The van der Waals surface area contributed by atoms with E-state index < -0.39 is 0 Å². The summed E-state index contributed by atoms with van der Waals surface area (Å²) >= 11 is 6.24. The van der Waals surface area contributed by atoms with Gasteiger partial charge in [0, 0.05) is 18.2 Å². The predicted molar refractivity (Wildman–Crippen MR) is 85.4 cm³/mol. The molecule has 2 unspecified atom stereocenters. The summed E-state index contributed by atoms with van der Waals surface area (Å²) in [5, 5.41) is 7.10. The van der Waals surface area contributed by atoms with Gasteiger partial charge in [0.25, 0.3) is 0 Å². The van der Waals surface area contributed by atoms with Gasteiger partial charge in [-0.1, -0.05) is 31.9 Å². The van der Waals surface area contributed by atoms with E-state index in [0.717, 1.165) is 17.3 Å². The Labute approximate surface area is 126 Å². The summed E-state index contributed by atoms with van der Waals surface area (Å²) in [5.74, 6) is 0.847. The molecular weight excluding hydrogens is 272 g/mol. The lowest BCUT2D eigenvalue weighted by Crippen LogP contribution is -2.16. The lowest BCUT2D eigenvalue weighted by atomic mass is 10.1. The second-order valence-corrected chi connectivity index (χ2v) is 5.93. The van der Waals surface area contributed by atoms with E-state index in [-0.39, 0.29) is 5.91 Å². The fourth-order valence-electron chi connectivity index (χ4n) is 2.76. The van der Waals surface area contributed by atoms with Crippen LogP contribution in [-0.4, -0.2) is 11.9 Å². The van der Waals surface area contributed by atoms with Crippen LogP contribution in [0.3, 0.4) is 0 Å². The molecule has 1 aromatic carbocycles.